The number of nitrogens with zero attached hydrogens (tertiary/aromatic N) is 1. The fraction of sp³-hybridized carbons (Fsp3) is 0.917. The Bertz CT molecular complexity index is 216. The number of nitrogens with one attached hydrogen (secondary N) is 1. The van der Waals surface area contributed by atoms with E-state index < -0.39 is 0 Å². The topological polar surface area (TPSA) is 58.4 Å². The summed E-state index contributed by atoms with van der Waals surface area (Å²) in [7, 11) is 2.05. The Kier molecular flexibility index (Phi) is 5.77. The summed E-state index contributed by atoms with van der Waals surface area (Å²) in [6, 6.07) is 0.636. The predicted molar refractivity (Wildman–Crippen MR) is 66.2 cm³/mol. The van der Waals surface area contributed by atoms with Crippen LogP contribution >= 0.6 is 0 Å². The van der Waals surface area contributed by atoms with Gasteiger partial charge in [-0.25, -0.2) is 0 Å². The van der Waals surface area contributed by atoms with E-state index in [4.69, 9.17) is 5.73 Å². The van der Waals surface area contributed by atoms with E-state index in [9.17, 15) is 4.79 Å². The van der Waals surface area contributed by atoms with Crippen LogP contribution in [0.25, 0.3) is 0 Å². The number of amides is 1. The zero-order valence-electron chi connectivity index (χ0n) is 10.5. The third-order valence-electron chi connectivity index (χ3n) is 3.12. The molecule has 4 nitrogen and oxygen atoms in total. The molecule has 1 aliphatic carbocycles. The minimum Gasteiger partial charge on any atom is -0.353 e. The highest BCUT2D eigenvalue weighted by Crippen LogP contribution is 2.18. The first-order chi connectivity index (χ1) is 7.67. The summed E-state index contributed by atoms with van der Waals surface area (Å²) in [5.74, 6) is 0.154. The van der Waals surface area contributed by atoms with Gasteiger partial charge >= 0.3 is 0 Å². The van der Waals surface area contributed by atoms with Crippen molar-refractivity contribution >= 4 is 5.91 Å². The second-order valence-corrected chi connectivity index (χ2v) is 4.77. The Balaban J connectivity index is 2.25. The first-order valence-corrected chi connectivity index (χ1v) is 6.37. The monoisotopic (exact) mass is 227 g/mol. The third kappa shape index (κ3) is 4.94. The van der Waals surface area contributed by atoms with Crippen LogP contribution in [0.15, 0.2) is 0 Å². The smallest absolute Gasteiger partial charge is 0.221 e. The van der Waals surface area contributed by atoms with Gasteiger partial charge in [-0.3, -0.25) is 4.79 Å². The highest BCUT2D eigenvalue weighted by molar-refractivity contribution is 5.77. The number of nitrogens with two attached hydrogens (primary N) is 1. The summed E-state index contributed by atoms with van der Waals surface area (Å²) >= 11 is 0. The van der Waals surface area contributed by atoms with Crippen molar-refractivity contribution < 1.29 is 4.79 Å². The van der Waals surface area contributed by atoms with Gasteiger partial charge in [-0.15, -0.1) is 0 Å². The van der Waals surface area contributed by atoms with E-state index in [0.717, 1.165) is 25.8 Å². The number of carbonyl (C=O) groups is 1. The molecule has 0 saturated heterocycles. The Labute approximate surface area is 98.6 Å². The van der Waals surface area contributed by atoms with Crippen molar-refractivity contribution in [3.05, 3.63) is 0 Å². The van der Waals surface area contributed by atoms with Crippen LogP contribution in [0.1, 0.15) is 39.0 Å². The van der Waals surface area contributed by atoms with Crippen molar-refractivity contribution in [3.63, 3.8) is 0 Å². The summed E-state index contributed by atoms with van der Waals surface area (Å²) in [5.41, 5.74) is 5.72. The molecule has 0 radical (unpaired) electrons. The zero-order valence-corrected chi connectivity index (χ0v) is 10.5. The van der Waals surface area contributed by atoms with E-state index in [1.165, 1.54) is 6.42 Å². The van der Waals surface area contributed by atoms with Gasteiger partial charge in [0.25, 0.3) is 0 Å². The summed E-state index contributed by atoms with van der Waals surface area (Å²) in [5, 5.41) is 3.01. The number of rotatable bonds is 8. The Morgan fingerprint density at radius 1 is 1.56 bits per heavy atom. The average Bonchev–Trinajstić information content (AvgIpc) is 3.06. The number of hydrogen-bond donors (Lipinski definition) is 2. The van der Waals surface area contributed by atoms with Gasteiger partial charge in [-0.05, 0) is 32.9 Å². The fourth-order valence-corrected chi connectivity index (χ4v) is 1.74. The molecule has 1 amide bonds. The second kappa shape index (κ2) is 6.86. The van der Waals surface area contributed by atoms with Gasteiger partial charge in [0.2, 0.25) is 5.91 Å². The average molecular weight is 227 g/mol. The number of hydrogen-bond acceptors (Lipinski definition) is 3. The Morgan fingerprint density at radius 2 is 2.25 bits per heavy atom. The van der Waals surface area contributed by atoms with Gasteiger partial charge in [0, 0.05) is 25.0 Å². The fourth-order valence-electron chi connectivity index (χ4n) is 1.74. The molecule has 1 fully saturated rings. The maximum atomic E-state index is 11.6. The molecule has 0 aromatic heterocycles. The maximum Gasteiger partial charge on any atom is 0.221 e. The van der Waals surface area contributed by atoms with Gasteiger partial charge in [0.1, 0.15) is 0 Å². The van der Waals surface area contributed by atoms with E-state index in [1.807, 2.05) is 0 Å². The molecule has 4 heteroatoms. The Hall–Kier alpha value is -0.610. The molecule has 0 aliphatic heterocycles. The van der Waals surface area contributed by atoms with E-state index in [1.54, 1.807) is 0 Å². The lowest BCUT2D eigenvalue weighted by Gasteiger charge is -2.26. The van der Waals surface area contributed by atoms with Gasteiger partial charge in [0.15, 0.2) is 0 Å². The maximum absolute atomic E-state index is 11.6. The molecule has 0 bridgehead atoms. The quantitative estimate of drug-likeness (QED) is 0.642. The van der Waals surface area contributed by atoms with Crippen molar-refractivity contribution in [3.8, 4) is 0 Å². The van der Waals surface area contributed by atoms with Crippen LogP contribution in [0, 0.1) is 0 Å². The van der Waals surface area contributed by atoms with Gasteiger partial charge in [-0.2, -0.15) is 0 Å². The van der Waals surface area contributed by atoms with Crippen LogP contribution in [0.2, 0.25) is 0 Å². The molecule has 0 heterocycles. The molecule has 1 atom stereocenters. The van der Waals surface area contributed by atoms with Crippen LogP contribution in [-0.2, 0) is 4.79 Å². The summed E-state index contributed by atoms with van der Waals surface area (Å²) < 4.78 is 0. The number of likely N-dealkylation sites (N-methyl/N-ethyl adjacent to an activating group) is 1. The normalized spacial score (nSPS) is 17.5. The molecular formula is C12H25N3O. The van der Waals surface area contributed by atoms with Crippen LogP contribution in [0.5, 0.6) is 0 Å². The van der Waals surface area contributed by atoms with Gasteiger partial charge in [0.05, 0.1) is 0 Å². The van der Waals surface area contributed by atoms with Crippen molar-refractivity contribution in [2.75, 3.05) is 20.1 Å². The zero-order chi connectivity index (χ0) is 12.0. The second-order valence-electron chi connectivity index (χ2n) is 4.77. The van der Waals surface area contributed by atoms with Crippen molar-refractivity contribution in [2.45, 2.75) is 51.1 Å². The molecule has 16 heavy (non-hydrogen) atoms. The van der Waals surface area contributed by atoms with Crippen LogP contribution < -0.4 is 11.1 Å². The van der Waals surface area contributed by atoms with Crippen LogP contribution in [0.3, 0.4) is 0 Å². The van der Waals surface area contributed by atoms with Gasteiger partial charge < -0.3 is 16.0 Å². The third-order valence-corrected chi connectivity index (χ3v) is 3.12. The van der Waals surface area contributed by atoms with E-state index >= 15 is 0 Å². The first kappa shape index (κ1) is 13.5. The molecular weight excluding hydrogens is 202 g/mol. The van der Waals surface area contributed by atoms with E-state index in [2.05, 4.69) is 24.2 Å². The molecule has 0 aromatic rings. The van der Waals surface area contributed by atoms with Crippen molar-refractivity contribution in [1.29, 1.82) is 0 Å². The van der Waals surface area contributed by atoms with Crippen molar-refractivity contribution in [1.82, 2.24) is 10.2 Å². The summed E-state index contributed by atoms with van der Waals surface area (Å²) in [6.45, 7) is 3.75. The lowest BCUT2D eigenvalue weighted by atomic mass is 10.1. The molecule has 1 aliphatic rings. The standard InChI is InChI=1S/C12H25N3O/c1-3-4-7-15(2)11(9-13)8-12(16)14-10-5-6-10/h10-11H,3-9,13H2,1-2H3,(H,14,16). The summed E-state index contributed by atoms with van der Waals surface area (Å²) in [6.07, 6.45) is 5.16. The van der Waals surface area contributed by atoms with Gasteiger partial charge in [-0.1, -0.05) is 13.3 Å². The lowest BCUT2D eigenvalue weighted by molar-refractivity contribution is -0.122. The predicted octanol–water partition coefficient (Wildman–Crippen LogP) is 0.714. The first-order valence-electron chi connectivity index (χ1n) is 6.37. The SMILES string of the molecule is CCCCN(C)C(CN)CC(=O)NC1CC1. The highest BCUT2D eigenvalue weighted by Gasteiger charge is 2.25. The van der Waals surface area contributed by atoms with Crippen molar-refractivity contribution in [2.24, 2.45) is 5.73 Å². The number of carbonyl (C=O) groups excluding carboxylic acids is 1. The van der Waals surface area contributed by atoms with E-state index in [-0.39, 0.29) is 11.9 Å². The van der Waals surface area contributed by atoms with Crippen LogP contribution in [-0.4, -0.2) is 43.0 Å². The Morgan fingerprint density at radius 3 is 2.75 bits per heavy atom. The number of unbranched alkanes of at least 4 members (excludes halogenated alkanes) is 1. The molecule has 3 N–H and O–H groups in total. The summed E-state index contributed by atoms with van der Waals surface area (Å²) in [4.78, 5) is 13.9. The molecule has 1 unspecified atom stereocenters. The molecule has 1 saturated carbocycles. The van der Waals surface area contributed by atoms with E-state index in [0.29, 0.717) is 19.0 Å². The minimum atomic E-state index is 0.154. The largest absolute Gasteiger partial charge is 0.353 e. The molecule has 1 rings (SSSR count). The molecule has 0 aromatic carbocycles. The molecule has 94 valence electrons. The lowest BCUT2D eigenvalue weighted by Crippen LogP contribution is -2.42. The van der Waals surface area contributed by atoms with Crippen LogP contribution in [0.4, 0.5) is 0 Å². The molecule has 0 spiro atoms. The minimum absolute atomic E-state index is 0.154. The highest BCUT2D eigenvalue weighted by atomic mass is 16.1.